The van der Waals surface area contributed by atoms with Crippen molar-refractivity contribution < 1.29 is 43.0 Å². The third-order valence-corrected chi connectivity index (χ3v) is 11.7. The molecule has 0 bridgehead atoms. The summed E-state index contributed by atoms with van der Waals surface area (Å²) >= 11 is 0. The van der Waals surface area contributed by atoms with E-state index in [0.29, 0.717) is 6.61 Å². The van der Waals surface area contributed by atoms with Crippen molar-refractivity contribution in [2.45, 2.75) is 251 Å². The van der Waals surface area contributed by atoms with Crippen LogP contribution in [0.4, 0.5) is 0 Å². The van der Waals surface area contributed by atoms with E-state index < -0.39 is 33.2 Å². The van der Waals surface area contributed by atoms with Crippen molar-refractivity contribution in [1.82, 2.24) is 0 Å². The monoisotopic (exact) mass is 833 g/mol. The summed E-state index contributed by atoms with van der Waals surface area (Å²) < 4.78 is 33.4. The van der Waals surface area contributed by atoms with E-state index >= 15 is 0 Å². The number of ether oxygens (including phenoxy) is 2. The third-order valence-electron chi connectivity index (χ3n) is 10.7. The standard InChI is InChI=1S/C47H93O9P/c1-3-5-7-9-11-13-15-17-19-20-21-22-23-24-25-26-27-29-31-33-35-37-39-47(50)56-46(44-55-57(51,52)54-42-45(49)41-48)43-53-40-38-36-34-32-30-28-18-16-14-12-10-8-6-4-2/h14,16,45-46,48-49H,3-13,15,17-44H2,1-2H3,(H,51,52)/b16-14-. The molecule has 0 aliphatic carbocycles. The maximum atomic E-state index is 12.7. The number of aliphatic hydroxyl groups is 2. The summed E-state index contributed by atoms with van der Waals surface area (Å²) in [6.45, 7) is 3.54. The Morgan fingerprint density at radius 2 is 0.895 bits per heavy atom. The molecule has 0 fully saturated rings. The molecule has 0 aliphatic heterocycles. The number of rotatable bonds is 47. The van der Waals surface area contributed by atoms with Crippen molar-refractivity contribution in [3.63, 3.8) is 0 Å². The van der Waals surface area contributed by atoms with Gasteiger partial charge in [0.1, 0.15) is 12.2 Å². The largest absolute Gasteiger partial charge is 0.472 e. The van der Waals surface area contributed by atoms with Crippen molar-refractivity contribution in [2.75, 3.05) is 33.0 Å². The fourth-order valence-electron chi connectivity index (χ4n) is 7.00. The highest BCUT2D eigenvalue weighted by Gasteiger charge is 2.26. The van der Waals surface area contributed by atoms with E-state index in [4.69, 9.17) is 23.6 Å². The quantitative estimate of drug-likeness (QED) is 0.0237. The average molecular weight is 833 g/mol. The molecule has 0 heterocycles. The van der Waals surface area contributed by atoms with Crippen molar-refractivity contribution in [3.05, 3.63) is 12.2 Å². The van der Waals surface area contributed by atoms with E-state index in [0.717, 1.165) is 44.9 Å². The topological polar surface area (TPSA) is 132 Å². The first kappa shape index (κ1) is 56.2. The van der Waals surface area contributed by atoms with Gasteiger partial charge < -0.3 is 24.6 Å². The van der Waals surface area contributed by atoms with E-state index in [1.54, 1.807) is 0 Å². The summed E-state index contributed by atoms with van der Waals surface area (Å²) in [7, 11) is -4.52. The van der Waals surface area contributed by atoms with Gasteiger partial charge in [0.15, 0.2) is 0 Å². The van der Waals surface area contributed by atoms with Crippen molar-refractivity contribution in [2.24, 2.45) is 0 Å². The first-order valence-electron chi connectivity index (χ1n) is 24.2. The van der Waals surface area contributed by atoms with Crippen LogP contribution < -0.4 is 0 Å². The highest BCUT2D eigenvalue weighted by atomic mass is 31.2. The number of hydrogen-bond donors (Lipinski definition) is 3. The minimum Gasteiger partial charge on any atom is -0.457 e. The molecule has 3 N–H and O–H groups in total. The Morgan fingerprint density at radius 3 is 1.33 bits per heavy atom. The number of aliphatic hydroxyl groups excluding tert-OH is 2. The van der Waals surface area contributed by atoms with Gasteiger partial charge in [0.25, 0.3) is 0 Å². The average Bonchev–Trinajstić information content (AvgIpc) is 3.20. The molecule has 0 aromatic heterocycles. The summed E-state index contributed by atoms with van der Waals surface area (Å²) in [5.41, 5.74) is 0. The van der Waals surface area contributed by atoms with Crippen LogP contribution in [0.2, 0.25) is 0 Å². The summed E-state index contributed by atoms with van der Waals surface area (Å²) in [5, 5.41) is 18.4. The number of phosphoric ester groups is 1. The number of allylic oxidation sites excluding steroid dienone is 2. The molecular weight excluding hydrogens is 739 g/mol. The summed E-state index contributed by atoms with van der Waals surface area (Å²) in [5.74, 6) is -0.379. The molecule has 0 rings (SSSR count). The number of unbranched alkanes of at least 4 members (excludes halogenated alkanes) is 31. The lowest BCUT2D eigenvalue weighted by molar-refractivity contribution is -0.154. The molecule has 340 valence electrons. The molecule has 0 aromatic carbocycles. The Bertz CT molecular complexity index is 902. The lowest BCUT2D eigenvalue weighted by atomic mass is 10.0. The maximum Gasteiger partial charge on any atom is 0.472 e. The molecule has 57 heavy (non-hydrogen) atoms. The maximum absolute atomic E-state index is 12.7. The van der Waals surface area contributed by atoms with Gasteiger partial charge in [-0.2, -0.15) is 0 Å². The van der Waals surface area contributed by atoms with Crippen molar-refractivity contribution in [1.29, 1.82) is 0 Å². The molecule has 0 amide bonds. The van der Waals surface area contributed by atoms with E-state index in [1.807, 2.05) is 0 Å². The highest BCUT2D eigenvalue weighted by Crippen LogP contribution is 2.43. The Morgan fingerprint density at radius 1 is 0.526 bits per heavy atom. The van der Waals surface area contributed by atoms with Crippen LogP contribution in [0.1, 0.15) is 239 Å². The van der Waals surface area contributed by atoms with Gasteiger partial charge in [0.2, 0.25) is 0 Å². The summed E-state index contributed by atoms with van der Waals surface area (Å²) in [4.78, 5) is 22.6. The molecule has 0 saturated carbocycles. The lowest BCUT2D eigenvalue weighted by Gasteiger charge is -2.20. The van der Waals surface area contributed by atoms with Crippen LogP contribution in [0.3, 0.4) is 0 Å². The first-order chi connectivity index (χ1) is 27.8. The van der Waals surface area contributed by atoms with Crippen LogP contribution in [0.25, 0.3) is 0 Å². The summed E-state index contributed by atoms with van der Waals surface area (Å²) in [6, 6.07) is 0. The van der Waals surface area contributed by atoms with Gasteiger partial charge in [0, 0.05) is 13.0 Å². The van der Waals surface area contributed by atoms with Crippen LogP contribution in [0.15, 0.2) is 12.2 Å². The predicted molar refractivity (Wildman–Crippen MR) is 238 cm³/mol. The molecule has 0 saturated heterocycles. The van der Waals surface area contributed by atoms with Crippen LogP contribution in [-0.4, -0.2) is 66.3 Å². The Kier molecular flexibility index (Phi) is 44.1. The molecule has 0 aliphatic rings. The third kappa shape index (κ3) is 44.6. The Hall–Kier alpha value is -0.800. The van der Waals surface area contributed by atoms with E-state index in [-0.39, 0.29) is 25.6 Å². The zero-order valence-corrected chi connectivity index (χ0v) is 38.2. The second-order valence-electron chi connectivity index (χ2n) is 16.5. The predicted octanol–water partition coefficient (Wildman–Crippen LogP) is 13.7. The normalized spacial score (nSPS) is 14.0. The van der Waals surface area contributed by atoms with E-state index in [9.17, 15) is 19.4 Å². The number of hydrogen-bond acceptors (Lipinski definition) is 8. The fraction of sp³-hybridized carbons (Fsp3) is 0.936. The lowest BCUT2D eigenvalue weighted by Crippen LogP contribution is -2.29. The minimum atomic E-state index is -4.52. The molecule has 9 nitrogen and oxygen atoms in total. The summed E-state index contributed by atoms with van der Waals surface area (Å²) in [6.07, 6.45) is 46.0. The molecule has 3 unspecified atom stereocenters. The van der Waals surface area contributed by atoms with Crippen LogP contribution in [-0.2, 0) is 27.9 Å². The van der Waals surface area contributed by atoms with Gasteiger partial charge >= 0.3 is 13.8 Å². The van der Waals surface area contributed by atoms with Gasteiger partial charge in [-0.05, 0) is 38.5 Å². The molecule has 3 atom stereocenters. The molecule has 0 aromatic rings. The zero-order chi connectivity index (χ0) is 41.8. The van der Waals surface area contributed by atoms with Gasteiger partial charge in [-0.25, -0.2) is 4.57 Å². The fourth-order valence-corrected chi connectivity index (χ4v) is 7.79. The van der Waals surface area contributed by atoms with E-state index in [2.05, 4.69) is 26.0 Å². The second kappa shape index (κ2) is 44.7. The number of carbonyl (C=O) groups excluding carboxylic acids is 1. The van der Waals surface area contributed by atoms with Gasteiger partial charge in [-0.1, -0.05) is 206 Å². The van der Waals surface area contributed by atoms with Crippen LogP contribution >= 0.6 is 7.82 Å². The van der Waals surface area contributed by atoms with Gasteiger partial charge in [0.05, 0.1) is 26.4 Å². The van der Waals surface area contributed by atoms with Crippen molar-refractivity contribution >= 4 is 13.8 Å². The molecule has 0 spiro atoms. The van der Waals surface area contributed by atoms with E-state index in [1.165, 1.54) is 173 Å². The Balaban J connectivity index is 4.03. The van der Waals surface area contributed by atoms with Crippen LogP contribution in [0.5, 0.6) is 0 Å². The number of esters is 1. The van der Waals surface area contributed by atoms with Crippen LogP contribution in [0, 0.1) is 0 Å². The molecular formula is C47H93O9P. The minimum absolute atomic E-state index is 0.0507. The number of phosphoric acid groups is 1. The Labute approximate surface area is 351 Å². The van der Waals surface area contributed by atoms with Crippen molar-refractivity contribution in [3.8, 4) is 0 Å². The highest BCUT2D eigenvalue weighted by molar-refractivity contribution is 7.47. The molecule has 10 heteroatoms. The number of carbonyl (C=O) groups is 1. The second-order valence-corrected chi connectivity index (χ2v) is 17.9. The van der Waals surface area contributed by atoms with Gasteiger partial charge in [-0.15, -0.1) is 0 Å². The first-order valence-corrected chi connectivity index (χ1v) is 25.7. The molecule has 0 radical (unpaired) electrons. The smallest absolute Gasteiger partial charge is 0.457 e. The zero-order valence-electron chi connectivity index (χ0n) is 37.3. The van der Waals surface area contributed by atoms with Gasteiger partial charge in [-0.3, -0.25) is 13.8 Å². The SMILES string of the molecule is CCCCCC/C=C\CCCCCCCCOCC(COP(=O)(O)OCC(O)CO)OC(=O)CCCCCCCCCCCCCCCCCCCCCCCC.